The van der Waals surface area contributed by atoms with Crippen LogP contribution in [0.5, 0.6) is 0 Å². The van der Waals surface area contributed by atoms with Crippen LogP contribution in [0.3, 0.4) is 0 Å². The molecule has 1 N–H and O–H groups in total. The van der Waals surface area contributed by atoms with Crippen molar-refractivity contribution in [1.29, 1.82) is 0 Å². The maximum Gasteiger partial charge on any atom is 0.246 e. The molecule has 98 valence electrons. The summed E-state index contributed by atoms with van der Waals surface area (Å²) >= 11 is 0. The van der Waals surface area contributed by atoms with Gasteiger partial charge in [-0.15, -0.1) is 0 Å². The molecule has 0 atom stereocenters. The van der Waals surface area contributed by atoms with Crippen molar-refractivity contribution in [2.75, 3.05) is 31.7 Å². The second-order valence-corrected chi connectivity index (χ2v) is 4.45. The van der Waals surface area contributed by atoms with Gasteiger partial charge in [-0.3, -0.25) is 4.79 Å². The average Bonchev–Trinajstić information content (AvgIpc) is 2.41. The molecule has 0 saturated carbocycles. The Balaban J connectivity index is 1.80. The van der Waals surface area contributed by atoms with E-state index in [0.29, 0.717) is 0 Å². The second-order valence-electron chi connectivity index (χ2n) is 4.45. The number of nitrogens with zero attached hydrogens (tertiary/aromatic N) is 2. The summed E-state index contributed by atoms with van der Waals surface area (Å²) < 4.78 is 4.80. The highest BCUT2D eigenvalue weighted by Crippen LogP contribution is 2.16. The predicted molar refractivity (Wildman–Crippen MR) is 69.5 cm³/mol. The number of rotatable bonds is 4. The molecule has 1 saturated heterocycles. The summed E-state index contributed by atoms with van der Waals surface area (Å²) in [6, 6.07) is 6.19. The van der Waals surface area contributed by atoms with Crippen LogP contribution in [0, 0.1) is 0 Å². The molecule has 1 aromatic rings. The highest BCUT2D eigenvalue weighted by Gasteiger charge is 2.21. The normalized spacial score (nSPS) is 16.6. The SMILES string of the molecule is COCC(=O)NC1CCN(c2ccccn2)CC1. The molecular formula is C13H19N3O2. The molecule has 18 heavy (non-hydrogen) atoms. The second kappa shape index (κ2) is 6.35. The molecule has 0 bridgehead atoms. The molecule has 1 aliphatic rings. The Morgan fingerprint density at radius 3 is 2.89 bits per heavy atom. The number of carbonyl (C=O) groups is 1. The van der Waals surface area contributed by atoms with Gasteiger partial charge in [0.25, 0.3) is 0 Å². The molecule has 0 radical (unpaired) electrons. The molecule has 5 nitrogen and oxygen atoms in total. The third-order valence-corrected chi connectivity index (χ3v) is 3.11. The first-order valence-electron chi connectivity index (χ1n) is 6.24. The summed E-state index contributed by atoms with van der Waals surface area (Å²) in [6.07, 6.45) is 3.71. The van der Waals surface area contributed by atoms with Gasteiger partial charge in [-0.1, -0.05) is 6.07 Å². The fourth-order valence-corrected chi connectivity index (χ4v) is 2.19. The molecule has 0 spiro atoms. The number of piperidine rings is 1. The van der Waals surface area contributed by atoms with E-state index >= 15 is 0 Å². The van der Waals surface area contributed by atoms with Crippen LogP contribution >= 0.6 is 0 Å². The summed E-state index contributed by atoms with van der Waals surface area (Å²) in [5.41, 5.74) is 0. The summed E-state index contributed by atoms with van der Waals surface area (Å²) in [6.45, 7) is 1.99. The lowest BCUT2D eigenvalue weighted by Crippen LogP contribution is -2.45. The van der Waals surface area contributed by atoms with Crippen LogP contribution < -0.4 is 10.2 Å². The molecule has 1 aromatic heterocycles. The molecule has 1 aliphatic heterocycles. The molecule has 5 heteroatoms. The zero-order valence-corrected chi connectivity index (χ0v) is 10.6. The number of nitrogens with one attached hydrogen (secondary N) is 1. The lowest BCUT2D eigenvalue weighted by Gasteiger charge is -2.33. The van der Waals surface area contributed by atoms with E-state index in [1.165, 1.54) is 7.11 Å². The molecule has 2 rings (SSSR count). The quantitative estimate of drug-likeness (QED) is 0.858. The van der Waals surface area contributed by atoms with Gasteiger partial charge in [-0.2, -0.15) is 0 Å². The van der Waals surface area contributed by atoms with Gasteiger partial charge in [0, 0.05) is 32.4 Å². The summed E-state index contributed by atoms with van der Waals surface area (Å²) in [5, 5.41) is 2.98. The summed E-state index contributed by atoms with van der Waals surface area (Å²) in [4.78, 5) is 18.0. The van der Waals surface area contributed by atoms with Gasteiger partial charge < -0.3 is 15.0 Å². The summed E-state index contributed by atoms with van der Waals surface area (Å²) in [7, 11) is 1.53. The first-order chi connectivity index (χ1) is 8.79. The Kier molecular flexibility index (Phi) is 4.52. The van der Waals surface area contributed by atoms with Crippen LogP contribution in [0.15, 0.2) is 24.4 Å². The minimum absolute atomic E-state index is 0.0335. The highest BCUT2D eigenvalue weighted by molar-refractivity contribution is 5.77. The Bertz CT molecular complexity index is 375. The highest BCUT2D eigenvalue weighted by atomic mass is 16.5. The predicted octanol–water partition coefficient (Wildman–Crippen LogP) is 0.813. The third-order valence-electron chi connectivity index (χ3n) is 3.11. The minimum Gasteiger partial charge on any atom is -0.375 e. The number of methoxy groups -OCH3 is 1. The van der Waals surface area contributed by atoms with Crippen molar-refractivity contribution in [2.45, 2.75) is 18.9 Å². The molecule has 1 amide bonds. The van der Waals surface area contributed by atoms with E-state index in [4.69, 9.17) is 4.74 Å². The van der Waals surface area contributed by atoms with Crippen molar-refractivity contribution in [3.63, 3.8) is 0 Å². The largest absolute Gasteiger partial charge is 0.375 e. The number of pyridine rings is 1. The van der Waals surface area contributed by atoms with Gasteiger partial charge in [-0.25, -0.2) is 4.98 Å². The van der Waals surface area contributed by atoms with Gasteiger partial charge in [0.15, 0.2) is 0 Å². The number of hydrogen-bond acceptors (Lipinski definition) is 4. The Morgan fingerprint density at radius 1 is 1.50 bits per heavy atom. The van der Waals surface area contributed by atoms with Gasteiger partial charge in [0.05, 0.1) is 0 Å². The van der Waals surface area contributed by atoms with Crippen molar-refractivity contribution in [1.82, 2.24) is 10.3 Å². The monoisotopic (exact) mass is 249 g/mol. The fraction of sp³-hybridized carbons (Fsp3) is 0.538. The van der Waals surface area contributed by atoms with Crippen LogP contribution in [-0.2, 0) is 9.53 Å². The van der Waals surface area contributed by atoms with Crippen molar-refractivity contribution in [3.8, 4) is 0 Å². The fourth-order valence-electron chi connectivity index (χ4n) is 2.19. The number of anilines is 1. The van der Waals surface area contributed by atoms with Crippen LogP contribution in [0.2, 0.25) is 0 Å². The van der Waals surface area contributed by atoms with Crippen LogP contribution in [-0.4, -0.2) is 43.7 Å². The van der Waals surface area contributed by atoms with Gasteiger partial charge in [0.2, 0.25) is 5.91 Å². The van der Waals surface area contributed by atoms with Gasteiger partial charge in [0.1, 0.15) is 12.4 Å². The van der Waals surface area contributed by atoms with Crippen LogP contribution in [0.1, 0.15) is 12.8 Å². The maximum atomic E-state index is 11.4. The standard InChI is InChI=1S/C13H19N3O2/c1-18-10-13(17)15-11-5-8-16(9-6-11)12-4-2-3-7-14-12/h2-4,7,11H,5-6,8-10H2,1H3,(H,15,17). The van der Waals surface area contributed by atoms with E-state index < -0.39 is 0 Å². The molecule has 1 fully saturated rings. The van der Waals surface area contributed by atoms with Crippen LogP contribution in [0.4, 0.5) is 5.82 Å². The smallest absolute Gasteiger partial charge is 0.246 e. The number of ether oxygens (including phenoxy) is 1. The van der Waals surface area contributed by atoms with Crippen molar-refractivity contribution in [3.05, 3.63) is 24.4 Å². The Labute approximate surface area is 107 Å². The molecule has 0 unspecified atom stereocenters. The lowest BCUT2D eigenvalue weighted by atomic mass is 10.1. The number of aromatic nitrogens is 1. The first-order valence-corrected chi connectivity index (χ1v) is 6.24. The number of carbonyl (C=O) groups excluding carboxylic acids is 1. The van der Waals surface area contributed by atoms with E-state index in [1.807, 2.05) is 24.4 Å². The van der Waals surface area contributed by atoms with Crippen molar-refractivity contribution < 1.29 is 9.53 Å². The number of hydrogen-bond donors (Lipinski definition) is 1. The summed E-state index contributed by atoms with van der Waals surface area (Å²) in [5.74, 6) is 0.980. The van der Waals surface area contributed by atoms with Gasteiger partial charge in [-0.05, 0) is 25.0 Å². The number of amides is 1. The van der Waals surface area contributed by atoms with Crippen molar-refractivity contribution >= 4 is 11.7 Å². The molecule has 2 heterocycles. The lowest BCUT2D eigenvalue weighted by molar-refractivity contribution is -0.125. The van der Waals surface area contributed by atoms with E-state index in [-0.39, 0.29) is 18.6 Å². The van der Waals surface area contributed by atoms with Crippen molar-refractivity contribution in [2.24, 2.45) is 0 Å². The average molecular weight is 249 g/mol. The molecular weight excluding hydrogens is 230 g/mol. The van der Waals surface area contributed by atoms with E-state index in [0.717, 1.165) is 31.7 Å². The van der Waals surface area contributed by atoms with E-state index in [1.54, 1.807) is 0 Å². The van der Waals surface area contributed by atoms with Crippen LogP contribution in [0.25, 0.3) is 0 Å². The Hall–Kier alpha value is -1.62. The Morgan fingerprint density at radius 2 is 2.28 bits per heavy atom. The van der Waals surface area contributed by atoms with E-state index in [9.17, 15) is 4.79 Å². The molecule has 0 aromatic carbocycles. The zero-order chi connectivity index (χ0) is 12.8. The third kappa shape index (κ3) is 3.43. The van der Waals surface area contributed by atoms with Gasteiger partial charge >= 0.3 is 0 Å². The topological polar surface area (TPSA) is 54.5 Å². The van der Waals surface area contributed by atoms with E-state index in [2.05, 4.69) is 15.2 Å². The first kappa shape index (κ1) is 12.8. The maximum absolute atomic E-state index is 11.4. The molecule has 0 aliphatic carbocycles. The minimum atomic E-state index is -0.0335. The zero-order valence-electron chi connectivity index (χ0n) is 10.6.